The zero-order chi connectivity index (χ0) is 47.1. The molecule has 11 aromatic rings. The van der Waals surface area contributed by atoms with Gasteiger partial charge in [-0.2, -0.15) is 0 Å². The molecule has 5 heteroatoms. The third-order valence-electron chi connectivity index (χ3n) is 13.7. The van der Waals surface area contributed by atoms with Gasteiger partial charge in [0, 0.05) is 28.4 Å². The monoisotopic (exact) mass is 886 g/mol. The summed E-state index contributed by atoms with van der Waals surface area (Å²) in [5.41, 5.74) is 18.4. The van der Waals surface area contributed by atoms with E-state index in [0.717, 1.165) is 56.6 Å². The first-order valence-electron chi connectivity index (χ1n) is 23.9. The van der Waals surface area contributed by atoms with Crippen LogP contribution in [0.1, 0.15) is 90.1 Å². The van der Waals surface area contributed by atoms with Crippen molar-refractivity contribution in [3.63, 3.8) is 0 Å². The van der Waals surface area contributed by atoms with Gasteiger partial charge in [-0.15, -0.1) is 0 Å². The Labute approximate surface area is 400 Å². The fraction of sp³-hybridized carbons (Fsp3) is 0.206. The molecule has 0 bridgehead atoms. The van der Waals surface area contributed by atoms with Gasteiger partial charge in [-0.25, -0.2) is 4.98 Å². The molecular formula is C63H58N4O. The zero-order valence-corrected chi connectivity index (χ0v) is 40.6. The number of furan rings is 1. The number of fused-ring (bicyclic) bond motifs is 5. The van der Waals surface area contributed by atoms with Crippen molar-refractivity contribution < 1.29 is 8.98 Å². The second-order valence-electron chi connectivity index (χ2n) is 21.6. The van der Waals surface area contributed by atoms with E-state index in [1.807, 2.05) is 18.3 Å². The van der Waals surface area contributed by atoms with Crippen LogP contribution < -0.4 is 4.57 Å². The number of nitrogens with zero attached hydrogens (tertiary/aromatic N) is 4. The van der Waals surface area contributed by atoms with Gasteiger partial charge in [0.1, 0.15) is 11.4 Å². The Kier molecular flexibility index (Phi) is 10.2. The van der Waals surface area contributed by atoms with Crippen molar-refractivity contribution >= 4 is 43.8 Å². The maximum absolute atomic E-state index is 5.82. The molecule has 4 aromatic heterocycles. The number of para-hydroxylation sites is 3. The van der Waals surface area contributed by atoms with E-state index < -0.39 is 0 Å². The normalized spacial score (nSPS) is 12.5. The van der Waals surface area contributed by atoms with Crippen molar-refractivity contribution in [2.24, 2.45) is 0 Å². The van der Waals surface area contributed by atoms with Gasteiger partial charge in [0.2, 0.25) is 0 Å². The summed E-state index contributed by atoms with van der Waals surface area (Å²) in [6.45, 7) is 20.7. The van der Waals surface area contributed by atoms with Crippen LogP contribution in [0.5, 0.6) is 0 Å². The first kappa shape index (κ1) is 43.1. The molecule has 0 fully saturated rings. The van der Waals surface area contributed by atoms with Crippen LogP contribution in [0.2, 0.25) is 0 Å². The van der Waals surface area contributed by atoms with Crippen LogP contribution >= 0.6 is 0 Å². The molecule has 4 heterocycles. The average Bonchev–Trinajstić information content (AvgIpc) is 4.04. The van der Waals surface area contributed by atoms with Gasteiger partial charge >= 0.3 is 0 Å². The standard InChI is InChI=1S/C63H58N4O/c1-61(2,3)46-27-25-43(26-28-46)52-36-48(63(7,8)9)37-53(44-17-15-18-47(35-44)62(4,5)6)60(52)66-40-65(55-22-12-13-23-56(55)66)49-19-14-16-41(33-49)32-42-24-29-51-50-20-10-11-21-54(50)67(57(51)34-42)59-38-58-45(39-64-59)30-31-68-58/h10-31,33-39H,32H2,1-9H3. The molecule has 11 rings (SSSR count). The van der Waals surface area contributed by atoms with Gasteiger partial charge < -0.3 is 4.42 Å². The Morgan fingerprint density at radius 2 is 1.21 bits per heavy atom. The molecule has 0 atom stereocenters. The summed E-state index contributed by atoms with van der Waals surface area (Å²) in [5.74, 6) is 0.837. The van der Waals surface area contributed by atoms with E-state index >= 15 is 0 Å². The fourth-order valence-corrected chi connectivity index (χ4v) is 9.85. The Morgan fingerprint density at radius 1 is 0.529 bits per heavy atom. The second-order valence-corrected chi connectivity index (χ2v) is 21.6. The predicted octanol–water partition coefficient (Wildman–Crippen LogP) is 15.8. The second kappa shape index (κ2) is 16.1. The fourth-order valence-electron chi connectivity index (χ4n) is 9.85. The number of hydrogen-bond donors (Lipinski definition) is 0. The minimum atomic E-state index is -0.0932. The Balaban J connectivity index is 1.07. The number of imidazole rings is 1. The van der Waals surface area contributed by atoms with Crippen LogP contribution in [0.4, 0.5) is 0 Å². The van der Waals surface area contributed by atoms with Crippen LogP contribution in [-0.4, -0.2) is 14.1 Å². The molecule has 0 unspecified atom stereocenters. The van der Waals surface area contributed by atoms with E-state index in [1.165, 1.54) is 60.8 Å². The molecule has 68 heavy (non-hydrogen) atoms. The lowest BCUT2D eigenvalue weighted by Crippen LogP contribution is -2.32. The Bertz CT molecular complexity index is 3710. The average molecular weight is 887 g/mol. The third kappa shape index (κ3) is 7.70. The van der Waals surface area contributed by atoms with Crippen molar-refractivity contribution in [3.8, 4) is 39.4 Å². The molecule has 5 nitrogen and oxygen atoms in total. The molecule has 0 aliphatic carbocycles. The Morgan fingerprint density at radius 3 is 1.97 bits per heavy atom. The molecule has 0 spiro atoms. The van der Waals surface area contributed by atoms with Gasteiger partial charge in [-0.3, -0.25) is 13.7 Å². The van der Waals surface area contributed by atoms with E-state index in [2.05, 4.69) is 234 Å². The molecule has 0 aliphatic heterocycles. The smallest absolute Gasteiger partial charge is 0.269 e. The SMILES string of the molecule is CC(C)(C)c1ccc(-c2cc(C(C)(C)C)cc(-c3cccc(C(C)(C)C)c3)c2-[n+]2[c-]n(-c3cccc(Cc4ccc5c6ccccc6n(-c6cc7occc7cn6)c5c4)c3)c3ccccc32)cc1. The van der Waals surface area contributed by atoms with Crippen molar-refractivity contribution in [1.29, 1.82) is 0 Å². The minimum absolute atomic E-state index is 0.0135. The highest BCUT2D eigenvalue weighted by molar-refractivity contribution is 6.09. The van der Waals surface area contributed by atoms with Gasteiger partial charge in [-0.1, -0.05) is 190 Å². The first-order valence-corrected chi connectivity index (χ1v) is 23.9. The van der Waals surface area contributed by atoms with Gasteiger partial charge in [0.15, 0.2) is 0 Å². The highest BCUT2D eigenvalue weighted by atomic mass is 16.3. The number of benzene rings is 7. The maximum Gasteiger partial charge on any atom is 0.269 e. The van der Waals surface area contributed by atoms with E-state index in [9.17, 15) is 0 Å². The lowest BCUT2D eigenvalue weighted by molar-refractivity contribution is -0.571. The largest absolute Gasteiger partial charge is 0.464 e. The van der Waals surface area contributed by atoms with E-state index in [0.29, 0.717) is 0 Å². The molecule has 0 radical (unpaired) electrons. The van der Waals surface area contributed by atoms with Crippen molar-refractivity contribution in [2.75, 3.05) is 0 Å². The Hall–Kier alpha value is -7.50. The van der Waals surface area contributed by atoms with Crippen molar-refractivity contribution in [3.05, 3.63) is 210 Å². The van der Waals surface area contributed by atoms with Crippen LogP contribution in [0.15, 0.2) is 181 Å². The van der Waals surface area contributed by atoms with E-state index in [1.54, 1.807) is 6.26 Å². The third-order valence-corrected chi connectivity index (χ3v) is 13.7. The summed E-state index contributed by atoms with van der Waals surface area (Å²) in [4.78, 5) is 4.91. The van der Waals surface area contributed by atoms with Crippen molar-refractivity contribution in [1.82, 2.24) is 14.1 Å². The van der Waals surface area contributed by atoms with Gasteiger partial charge in [0.05, 0.1) is 39.7 Å². The molecular weight excluding hydrogens is 829 g/mol. The quantitative estimate of drug-likeness (QED) is 0.118. The van der Waals surface area contributed by atoms with E-state index in [4.69, 9.17) is 9.40 Å². The zero-order valence-electron chi connectivity index (χ0n) is 40.6. The number of aromatic nitrogens is 4. The van der Waals surface area contributed by atoms with Gasteiger partial charge in [0.25, 0.3) is 6.33 Å². The number of pyridine rings is 1. The lowest BCUT2D eigenvalue weighted by Gasteiger charge is -2.26. The summed E-state index contributed by atoms with van der Waals surface area (Å²) in [5, 5.41) is 3.38. The number of hydrogen-bond acceptors (Lipinski definition) is 2. The van der Waals surface area contributed by atoms with Crippen LogP contribution in [0.25, 0.3) is 83.3 Å². The summed E-state index contributed by atoms with van der Waals surface area (Å²) in [7, 11) is 0. The maximum atomic E-state index is 5.82. The predicted molar refractivity (Wildman–Crippen MR) is 282 cm³/mol. The summed E-state index contributed by atoms with van der Waals surface area (Å²) in [6.07, 6.45) is 8.34. The highest BCUT2D eigenvalue weighted by Crippen LogP contribution is 2.41. The van der Waals surface area contributed by atoms with Gasteiger partial charge in [-0.05, 0) is 103 Å². The summed E-state index contributed by atoms with van der Waals surface area (Å²) < 4.78 is 12.7. The first-order chi connectivity index (χ1) is 32.6. The van der Waals surface area contributed by atoms with Crippen LogP contribution in [0, 0.1) is 6.33 Å². The molecule has 0 saturated carbocycles. The molecule has 0 saturated heterocycles. The summed E-state index contributed by atoms with van der Waals surface area (Å²) in [6, 6.07) is 60.4. The summed E-state index contributed by atoms with van der Waals surface area (Å²) >= 11 is 0. The molecule has 0 N–H and O–H groups in total. The molecule has 7 aromatic carbocycles. The van der Waals surface area contributed by atoms with Crippen LogP contribution in [-0.2, 0) is 22.7 Å². The highest BCUT2D eigenvalue weighted by Gasteiger charge is 2.26. The lowest BCUT2D eigenvalue weighted by atomic mass is 9.80. The molecule has 336 valence electrons. The van der Waals surface area contributed by atoms with Crippen molar-refractivity contribution in [2.45, 2.75) is 85.0 Å². The minimum Gasteiger partial charge on any atom is -0.464 e. The van der Waals surface area contributed by atoms with E-state index in [-0.39, 0.29) is 16.2 Å². The molecule has 0 aliphatic rings. The van der Waals surface area contributed by atoms with Crippen LogP contribution in [0.3, 0.4) is 0 Å². The topological polar surface area (TPSA) is 39.8 Å². The molecule has 0 amide bonds. The number of rotatable bonds is 7.